The van der Waals surface area contributed by atoms with Crippen molar-refractivity contribution >= 4 is 5.69 Å². The van der Waals surface area contributed by atoms with Crippen molar-refractivity contribution in [2.24, 2.45) is 0 Å². The molecule has 0 radical (unpaired) electrons. The Bertz CT molecular complexity index is 1430. The molecule has 41 heavy (non-hydrogen) atoms. The van der Waals surface area contributed by atoms with Gasteiger partial charge < -0.3 is 4.90 Å². The largest absolute Gasteiger partial charge is 0.367 e. The minimum Gasteiger partial charge on any atom is -0.367 e. The Morgan fingerprint density at radius 1 is 0.610 bits per heavy atom. The molecule has 1 aliphatic rings. The first-order chi connectivity index (χ1) is 20.1. The summed E-state index contributed by atoms with van der Waals surface area (Å²) in [5.41, 5.74) is 9.48. The van der Waals surface area contributed by atoms with Gasteiger partial charge >= 0.3 is 0 Å². The van der Waals surface area contributed by atoms with Gasteiger partial charge in [0.2, 0.25) is 0 Å². The van der Waals surface area contributed by atoms with Crippen LogP contribution in [0.15, 0.2) is 60.9 Å². The summed E-state index contributed by atoms with van der Waals surface area (Å²) in [4.78, 5) is 2.40. The van der Waals surface area contributed by atoms with E-state index in [1.807, 2.05) is 26.4 Å². The van der Waals surface area contributed by atoms with Crippen molar-refractivity contribution in [1.29, 1.82) is 0 Å². The number of fused-ring (bicyclic) bond motifs is 5. The number of rotatable bonds is 6. The van der Waals surface area contributed by atoms with Gasteiger partial charge in [0, 0.05) is 49.5 Å². The molecule has 2 aromatic carbocycles. The van der Waals surface area contributed by atoms with Gasteiger partial charge in [-0.05, 0) is 52.2 Å². The van der Waals surface area contributed by atoms with Crippen LogP contribution in [0.3, 0.4) is 0 Å². The molecule has 0 saturated carbocycles. The van der Waals surface area contributed by atoms with Gasteiger partial charge in [0.1, 0.15) is 5.69 Å². The van der Waals surface area contributed by atoms with E-state index in [1.165, 1.54) is 33.8 Å². The maximum atomic E-state index is 4.52. The van der Waals surface area contributed by atoms with Crippen LogP contribution in [0.25, 0.3) is 22.5 Å². The van der Waals surface area contributed by atoms with E-state index in [4.69, 9.17) is 0 Å². The predicted molar refractivity (Wildman–Crippen MR) is 163 cm³/mol. The van der Waals surface area contributed by atoms with Crippen molar-refractivity contribution in [2.75, 3.05) is 11.4 Å². The van der Waals surface area contributed by atoms with Crippen LogP contribution in [-0.4, -0.2) is 51.5 Å². The van der Waals surface area contributed by atoms with Crippen LogP contribution in [0.5, 0.6) is 0 Å². The molecule has 0 amide bonds. The van der Waals surface area contributed by atoms with Gasteiger partial charge in [-0.25, -0.2) is 14.0 Å². The van der Waals surface area contributed by atoms with Crippen molar-refractivity contribution in [3.8, 4) is 22.5 Å². The fourth-order valence-corrected chi connectivity index (χ4v) is 5.03. The smallest absolute Gasteiger partial charge is 0.123 e. The average molecular weight is 555 g/mol. The van der Waals surface area contributed by atoms with E-state index in [-0.39, 0.29) is 0 Å². The van der Waals surface area contributed by atoms with Crippen LogP contribution in [0.4, 0.5) is 5.69 Å². The number of hydrogen-bond acceptors (Lipinski definition) is 7. The molecule has 216 valence electrons. The molecular weight excluding hydrogens is 512 g/mol. The highest BCUT2D eigenvalue weighted by Gasteiger charge is 2.25. The molecule has 0 spiro atoms. The van der Waals surface area contributed by atoms with Crippen LogP contribution in [0.1, 0.15) is 58.5 Å². The number of anilines is 1. The Kier molecular flexibility index (Phi) is 10.4. The number of nitrogens with zero attached hydrogens (tertiary/aromatic N) is 10. The highest BCUT2D eigenvalue weighted by Crippen LogP contribution is 2.40. The maximum Gasteiger partial charge on any atom is 0.123 e. The second-order valence-corrected chi connectivity index (χ2v) is 9.58. The molecule has 0 saturated heterocycles. The number of aryl methyl sites for hydroxylation is 5. The molecule has 0 bridgehead atoms. The molecule has 0 atom stereocenters. The van der Waals surface area contributed by atoms with E-state index in [9.17, 15) is 0 Å². The first kappa shape index (κ1) is 29.6. The van der Waals surface area contributed by atoms with Crippen LogP contribution in [0.2, 0.25) is 0 Å². The van der Waals surface area contributed by atoms with Gasteiger partial charge in [0.15, 0.2) is 0 Å². The third kappa shape index (κ3) is 6.53. The van der Waals surface area contributed by atoms with Crippen molar-refractivity contribution < 1.29 is 0 Å². The molecular formula is C31H42N10. The van der Waals surface area contributed by atoms with Gasteiger partial charge in [-0.1, -0.05) is 72.0 Å². The molecule has 0 aliphatic carbocycles. The summed E-state index contributed by atoms with van der Waals surface area (Å²) in [7, 11) is 0. The fraction of sp³-hybridized carbons (Fsp3) is 0.419. The lowest BCUT2D eigenvalue weighted by Crippen LogP contribution is -2.24. The topological polar surface area (TPSA) is 95.4 Å². The van der Waals surface area contributed by atoms with Crippen LogP contribution >= 0.6 is 0 Å². The van der Waals surface area contributed by atoms with Crippen LogP contribution in [-0.2, 0) is 39.0 Å². The van der Waals surface area contributed by atoms with E-state index in [0.29, 0.717) is 0 Å². The van der Waals surface area contributed by atoms with Crippen molar-refractivity contribution in [2.45, 2.75) is 80.6 Å². The summed E-state index contributed by atoms with van der Waals surface area (Å²) in [6.45, 7) is 17.2. The first-order valence-corrected chi connectivity index (χ1v) is 14.7. The third-order valence-corrected chi connectivity index (χ3v) is 7.27. The molecule has 0 unspecified atom stereocenters. The zero-order valence-electron chi connectivity index (χ0n) is 25.2. The average Bonchev–Trinajstić information content (AvgIpc) is 3.78. The zero-order valence-corrected chi connectivity index (χ0v) is 25.2. The minimum atomic E-state index is 0.816. The summed E-state index contributed by atoms with van der Waals surface area (Å²) < 4.78 is 5.81. The minimum absolute atomic E-state index is 0.816. The Labute approximate surface area is 243 Å². The highest BCUT2D eigenvalue weighted by atomic mass is 15.4. The molecule has 6 rings (SSSR count). The van der Waals surface area contributed by atoms with Gasteiger partial charge in [-0.15, -0.1) is 15.3 Å². The van der Waals surface area contributed by atoms with Crippen LogP contribution < -0.4 is 4.90 Å². The second kappa shape index (κ2) is 14.3. The van der Waals surface area contributed by atoms with Crippen molar-refractivity contribution in [3.05, 3.63) is 77.9 Å². The third-order valence-electron chi connectivity index (χ3n) is 7.27. The predicted octanol–water partition coefficient (Wildman–Crippen LogP) is 5.69. The number of aromatic nitrogens is 9. The normalized spacial score (nSPS) is 11.6. The van der Waals surface area contributed by atoms with E-state index < -0.39 is 0 Å². The van der Waals surface area contributed by atoms with E-state index >= 15 is 0 Å². The standard InChI is InChI=1S/C19H20N4.2C6H11N3/c1-3-22-13-14-9-5-6-10-15(14)19-18(20-21-23(19)4-2)16-11-7-8-12-17(16)22;2*1-3-6-5-7-8-9(6)4-2/h5-12H,3-4,13H2,1-2H3;2*5H,3-4H2,1-2H3. The quantitative estimate of drug-likeness (QED) is 0.266. The van der Waals surface area contributed by atoms with Crippen LogP contribution in [0, 0.1) is 0 Å². The van der Waals surface area contributed by atoms with Gasteiger partial charge in [-0.2, -0.15) is 0 Å². The summed E-state index contributed by atoms with van der Waals surface area (Å²) >= 11 is 0. The van der Waals surface area contributed by atoms with Gasteiger partial charge in [0.05, 0.1) is 29.5 Å². The Morgan fingerprint density at radius 3 is 1.71 bits per heavy atom. The van der Waals surface area contributed by atoms with Crippen molar-refractivity contribution in [1.82, 2.24) is 45.0 Å². The molecule has 1 aliphatic heterocycles. The maximum absolute atomic E-state index is 4.52. The number of para-hydroxylation sites is 1. The van der Waals surface area contributed by atoms with Gasteiger partial charge in [0.25, 0.3) is 0 Å². The molecule has 3 aromatic heterocycles. The number of hydrogen-bond donors (Lipinski definition) is 0. The van der Waals surface area contributed by atoms with E-state index in [1.54, 1.807) is 0 Å². The first-order valence-electron chi connectivity index (χ1n) is 14.7. The molecule has 10 nitrogen and oxygen atoms in total. The highest BCUT2D eigenvalue weighted by molar-refractivity contribution is 5.87. The molecule has 0 fully saturated rings. The fourth-order valence-electron chi connectivity index (χ4n) is 5.03. The Hall–Kier alpha value is -4.34. The second-order valence-electron chi connectivity index (χ2n) is 9.58. The van der Waals surface area contributed by atoms with Gasteiger partial charge in [-0.3, -0.25) is 0 Å². The zero-order chi connectivity index (χ0) is 29.2. The monoisotopic (exact) mass is 554 g/mol. The molecule has 0 N–H and O–H groups in total. The lowest BCUT2D eigenvalue weighted by molar-refractivity contribution is 0.601. The van der Waals surface area contributed by atoms with E-state index in [2.05, 4.69) is 126 Å². The molecule has 5 aromatic rings. The summed E-state index contributed by atoms with van der Waals surface area (Å²) in [5, 5.41) is 24.2. The van der Waals surface area contributed by atoms with E-state index in [0.717, 1.165) is 57.0 Å². The summed E-state index contributed by atoms with van der Waals surface area (Å²) in [6, 6.07) is 17.1. The summed E-state index contributed by atoms with van der Waals surface area (Å²) in [5.74, 6) is 0. The SMILES string of the molecule is CCN1Cc2ccccc2-c2c(nnn2CC)-c2ccccc21.CCc1cnnn1CC.CCc1cnnn1CC. The molecule has 10 heteroatoms. The molecule has 4 heterocycles. The Balaban J connectivity index is 0.000000177. The number of benzene rings is 2. The lowest BCUT2D eigenvalue weighted by atomic mass is 9.95. The summed E-state index contributed by atoms with van der Waals surface area (Å²) in [6.07, 6.45) is 5.65. The Morgan fingerprint density at radius 2 is 1.17 bits per heavy atom. The lowest BCUT2D eigenvalue weighted by Gasteiger charge is -2.29. The van der Waals surface area contributed by atoms with Crippen molar-refractivity contribution in [3.63, 3.8) is 0 Å².